The van der Waals surface area contributed by atoms with Crippen LogP contribution in [-0.2, 0) is 10.0 Å². The highest BCUT2D eigenvalue weighted by molar-refractivity contribution is 7.89. The third kappa shape index (κ3) is 4.56. The summed E-state index contributed by atoms with van der Waals surface area (Å²) >= 11 is 0. The second-order valence-electron chi connectivity index (χ2n) is 7.54. The number of nitrogens with one attached hydrogen (secondary N) is 3. The highest BCUT2D eigenvalue weighted by Crippen LogP contribution is 2.29. The van der Waals surface area contributed by atoms with Crippen molar-refractivity contribution < 1.29 is 17.9 Å². The van der Waals surface area contributed by atoms with Gasteiger partial charge in [-0.3, -0.25) is 4.79 Å². The lowest BCUT2D eigenvalue weighted by atomic mass is 9.99. The quantitative estimate of drug-likeness (QED) is 0.655. The second-order valence-corrected chi connectivity index (χ2v) is 9.22. The van der Waals surface area contributed by atoms with E-state index < -0.39 is 10.0 Å². The van der Waals surface area contributed by atoms with Crippen molar-refractivity contribution in [3.8, 4) is 5.75 Å². The van der Waals surface area contributed by atoms with Gasteiger partial charge in [0.25, 0.3) is 5.91 Å². The Bertz CT molecular complexity index is 801. The van der Waals surface area contributed by atoms with Crippen LogP contribution in [0, 0.1) is 0 Å². The predicted octanol–water partition coefficient (Wildman–Crippen LogP) is 1.57. The van der Waals surface area contributed by atoms with E-state index in [4.69, 9.17) is 4.74 Å². The average molecular weight is 416 g/mol. The van der Waals surface area contributed by atoms with Crippen molar-refractivity contribution in [1.82, 2.24) is 15.4 Å². The number of ether oxygens (including phenoxy) is 1. The fourth-order valence-electron chi connectivity index (χ4n) is 3.96. The van der Waals surface area contributed by atoms with Crippen LogP contribution in [0.2, 0.25) is 0 Å². The van der Waals surface area contributed by atoms with E-state index in [1.165, 1.54) is 13.2 Å². The Hall–Kier alpha value is -1.35. The molecule has 1 aliphatic carbocycles. The number of hydrogen-bond acceptors (Lipinski definition) is 5. The van der Waals surface area contributed by atoms with Crippen molar-refractivity contribution in [3.63, 3.8) is 0 Å². The molecule has 2 aliphatic heterocycles. The molecule has 1 saturated carbocycles. The maximum absolute atomic E-state index is 12.7. The molecular weight excluding hydrogens is 390 g/mol. The van der Waals surface area contributed by atoms with Gasteiger partial charge in [-0.15, -0.1) is 12.4 Å². The lowest BCUT2D eigenvalue weighted by molar-refractivity contribution is 0.0923. The van der Waals surface area contributed by atoms with Crippen LogP contribution in [-0.4, -0.2) is 45.6 Å². The molecule has 0 aromatic heterocycles. The number of halogens is 1. The van der Waals surface area contributed by atoms with Gasteiger partial charge >= 0.3 is 0 Å². The number of rotatable bonds is 6. The summed E-state index contributed by atoms with van der Waals surface area (Å²) < 4.78 is 33.0. The van der Waals surface area contributed by atoms with E-state index in [1.54, 1.807) is 12.1 Å². The number of sulfonamides is 1. The van der Waals surface area contributed by atoms with Gasteiger partial charge in [0.15, 0.2) is 0 Å². The number of carbonyl (C=O) groups is 1. The lowest BCUT2D eigenvalue weighted by Gasteiger charge is -2.29. The number of piperidine rings is 1. The summed E-state index contributed by atoms with van der Waals surface area (Å²) in [6.07, 6.45) is 5.86. The fourth-order valence-corrected chi connectivity index (χ4v) is 5.46. The number of methoxy groups -OCH3 is 1. The van der Waals surface area contributed by atoms with Crippen LogP contribution < -0.4 is 20.1 Å². The lowest BCUT2D eigenvalue weighted by Crippen LogP contribution is -2.48. The predicted molar refractivity (Wildman–Crippen MR) is 104 cm³/mol. The van der Waals surface area contributed by atoms with E-state index in [0.717, 1.165) is 38.5 Å². The van der Waals surface area contributed by atoms with Gasteiger partial charge in [0.2, 0.25) is 10.0 Å². The summed E-state index contributed by atoms with van der Waals surface area (Å²) in [7, 11) is -2.27. The number of amides is 1. The fraction of sp³-hybridized carbons (Fsp3) is 0.611. The third-order valence-electron chi connectivity index (χ3n) is 5.42. The first-order valence-electron chi connectivity index (χ1n) is 9.22. The van der Waals surface area contributed by atoms with Crippen LogP contribution >= 0.6 is 12.4 Å². The van der Waals surface area contributed by atoms with E-state index in [0.29, 0.717) is 17.6 Å². The molecule has 4 rings (SSSR count). The van der Waals surface area contributed by atoms with Crippen molar-refractivity contribution in [3.05, 3.63) is 23.8 Å². The average Bonchev–Trinajstić information content (AvgIpc) is 3.35. The summed E-state index contributed by atoms with van der Waals surface area (Å²) in [6, 6.07) is 5.65. The number of carbonyl (C=O) groups excluding carboxylic acids is 1. The van der Waals surface area contributed by atoms with Gasteiger partial charge in [0, 0.05) is 29.7 Å². The first-order chi connectivity index (χ1) is 12.4. The van der Waals surface area contributed by atoms with Gasteiger partial charge in [-0.2, -0.15) is 0 Å². The van der Waals surface area contributed by atoms with Gasteiger partial charge in [-0.1, -0.05) is 0 Å². The summed E-state index contributed by atoms with van der Waals surface area (Å²) in [5.74, 6) is 0.0106. The molecule has 2 unspecified atom stereocenters. The summed E-state index contributed by atoms with van der Waals surface area (Å²) in [4.78, 5) is 12.7. The molecule has 7 nitrogen and oxygen atoms in total. The summed E-state index contributed by atoms with van der Waals surface area (Å²) in [5.41, 5.74) is 0.341. The molecule has 2 saturated heterocycles. The monoisotopic (exact) mass is 415 g/mol. The van der Waals surface area contributed by atoms with Crippen molar-refractivity contribution in [2.45, 2.75) is 67.6 Å². The molecule has 9 heteroatoms. The van der Waals surface area contributed by atoms with Crippen LogP contribution in [0.3, 0.4) is 0 Å². The van der Waals surface area contributed by atoms with Crippen molar-refractivity contribution in [1.29, 1.82) is 0 Å². The molecule has 150 valence electrons. The van der Waals surface area contributed by atoms with Crippen LogP contribution in [0.25, 0.3) is 0 Å². The van der Waals surface area contributed by atoms with Crippen LogP contribution in [0.5, 0.6) is 5.75 Å². The number of hydrogen-bond donors (Lipinski definition) is 3. The molecule has 3 fully saturated rings. The SMILES string of the molecule is COc1ccc(C(=O)NC2CC3CCC(C2)N3)cc1S(=O)(=O)NC1CC1.Cl. The normalized spacial score (nSPS) is 26.9. The first-order valence-corrected chi connectivity index (χ1v) is 10.7. The van der Waals surface area contributed by atoms with Gasteiger partial charge in [0.05, 0.1) is 7.11 Å². The Morgan fingerprint density at radius 3 is 2.37 bits per heavy atom. The van der Waals surface area contributed by atoms with Gasteiger partial charge < -0.3 is 15.4 Å². The maximum atomic E-state index is 12.7. The molecule has 27 heavy (non-hydrogen) atoms. The largest absolute Gasteiger partial charge is 0.495 e. The summed E-state index contributed by atoms with van der Waals surface area (Å²) in [5, 5.41) is 6.62. The van der Waals surface area contributed by atoms with Gasteiger partial charge in [0.1, 0.15) is 10.6 Å². The minimum absolute atomic E-state index is 0. The smallest absolute Gasteiger partial charge is 0.251 e. The van der Waals surface area contributed by atoms with Gasteiger partial charge in [-0.05, 0) is 56.7 Å². The van der Waals surface area contributed by atoms with E-state index in [-0.39, 0.29) is 41.0 Å². The van der Waals surface area contributed by atoms with E-state index in [1.807, 2.05) is 0 Å². The van der Waals surface area contributed by atoms with Crippen molar-refractivity contribution in [2.24, 2.45) is 0 Å². The molecule has 2 bridgehead atoms. The van der Waals surface area contributed by atoms with E-state index >= 15 is 0 Å². The van der Waals surface area contributed by atoms with Crippen LogP contribution in [0.1, 0.15) is 48.9 Å². The zero-order valence-electron chi connectivity index (χ0n) is 15.2. The Morgan fingerprint density at radius 1 is 1.11 bits per heavy atom. The Labute approximate surface area is 166 Å². The Balaban J connectivity index is 0.00000210. The highest BCUT2D eigenvalue weighted by Gasteiger charge is 2.34. The zero-order valence-corrected chi connectivity index (χ0v) is 16.9. The first kappa shape index (κ1) is 20.4. The second kappa shape index (κ2) is 7.95. The summed E-state index contributed by atoms with van der Waals surface area (Å²) in [6.45, 7) is 0. The molecule has 3 aliphatic rings. The van der Waals surface area contributed by atoms with Crippen molar-refractivity contribution in [2.75, 3.05) is 7.11 Å². The molecule has 2 heterocycles. The van der Waals surface area contributed by atoms with E-state index in [2.05, 4.69) is 15.4 Å². The Morgan fingerprint density at radius 2 is 1.78 bits per heavy atom. The molecule has 1 amide bonds. The molecule has 1 aromatic rings. The van der Waals surface area contributed by atoms with E-state index in [9.17, 15) is 13.2 Å². The maximum Gasteiger partial charge on any atom is 0.251 e. The molecule has 2 atom stereocenters. The minimum atomic E-state index is -3.70. The Kier molecular flexibility index (Phi) is 6.00. The van der Waals surface area contributed by atoms with Gasteiger partial charge in [-0.25, -0.2) is 13.1 Å². The minimum Gasteiger partial charge on any atom is -0.495 e. The zero-order chi connectivity index (χ0) is 18.3. The molecule has 0 spiro atoms. The standard InChI is InChI=1S/C18H25N3O4S.ClH/c1-25-16-7-2-11(8-17(16)26(23,24)21-12-3-4-12)18(22)20-15-9-13-5-6-14(10-15)19-13;/h2,7-8,12-15,19,21H,3-6,9-10H2,1H3,(H,20,22);1H. The third-order valence-corrected chi connectivity index (χ3v) is 6.96. The van der Waals surface area contributed by atoms with Crippen molar-refractivity contribution >= 4 is 28.3 Å². The molecule has 3 N–H and O–H groups in total. The number of benzene rings is 1. The number of fused-ring (bicyclic) bond motifs is 2. The molecule has 1 aromatic carbocycles. The van der Waals surface area contributed by atoms with Crippen LogP contribution in [0.4, 0.5) is 0 Å². The topological polar surface area (TPSA) is 96.5 Å². The molecule has 0 radical (unpaired) electrons. The highest BCUT2D eigenvalue weighted by atomic mass is 35.5. The molecular formula is C18H26ClN3O4S. The van der Waals surface area contributed by atoms with Crippen LogP contribution in [0.15, 0.2) is 23.1 Å².